The van der Waals surface area contributed by atoms with Crippen LogP contribution in [0.4, 0.5) is 0 Å². The largest absolute Gasteiger partial charge is 0.459 e. The number of carbonyl (C=O) groups is 2. The van der Waals surface area contributed by atoms with Crippen LogP contribution in [-0.2, 0) is 6.54 Å². The van der Waals surface area contributed by atoms with Crippen molar-refractivity contribution < 1.29 is 14.0 Å². The molecule has 2 heterocycles. The van der Waals surface area contributed by atoms with Crippen LogP contribution in [0.1, 0.15) is 53.2 Å². The number of carbonyl (C=O) groups excluding carboxylic acids is 2. The fourth-order valence-electron chi connectivity index (χ4n) is 3.51. The number of nitrogens with one attached hydrogen (secondary N) is 2. The highest BCUT2D eigenvalue weighted by Gasteiger charge is 2.25. The molecule has 0 radical (unpaired) electrons. The molecule has 0 unspecified atom stereocenters. The molecule has 32 heavy (non-hydrogen) atoms. The van der Waals surface area contributed by atoms with E-state index in [4.69, 9.17) is 9.41 Å². The average molecular weight is 440 g/mol. The summed E-state index contributed by atoms with van der Waals surface area (Å²) in [5, 5.41) is 6.27. The van der Waals surface area contributed by atoms with Gasteiger partial charge in [-0.15, -0.1) is 0 Å². The second kappa shape index (κ2) is 11.9. The quantitative estimate of drug-likeness (QED) is 0.375. The second-order valence-electron chi connectivity index (χ2n) is 7.73. The van der Waals surface area contributed by atoms with Crippen molar-refractivity contribution in [1.29, 1.82) is 0 Å². The Morgan fingerprint density at radius 2 is 1.72 bits per heavy atom. The zero-order valence-corrected chi connectivity index (χ0v) is 19.0. The smallest absolute Gasteiger partial charge is 0.289 e. The van der Waals surface area contributed by atoms with E-state index in [2.05, 4.69) is 22.5 Å². The van der Waals surface area contributed by atoms with Gasteiger partial charge >= 0.3 is 0 Å². The second-order valence-corrected chi connectivity index (χ2v) is 7.73. The number of benzene rings is 1. The number of aliphatic imine (C=N–C) groups is 1. The van der Waals surface area contributed by atoms with Crippen molar-refractivity contribution >= 4 is 17.8 Å². The first-order valence-corrected chi connectivity index (χ1v) is 11.4. The minimum Gasteiger partial charge on any atom is -0.459 e. The van der Waals surface area contributed by atoms with Crippen LogP contribution in [-0.4, -0.2) is 66.8 Å². The van der Waals surface area contributed by atoms with Crippen LogP contribution >= 0.6 is 0 Å². The van der Waals surface area contributed by atoms with Gasteiger partial charge in [-0.05, 0) is 43.2 Å². The van der Waals surface area contributed by atoms with E-state index in [1.165, 1.54) is 6.26 Å². The van der Waals surface area contributed by atoms with E-state index in [0.717, 1.165) is 30.9 Å². The Morgan fingerprint density at radius 1 is 1.00 bits per heavy atom. The molecule has 2 N–H and O–H groups in total. The van der Waals surface area contributed by atoms with Crippen molar-refractivity contribution in [3.8, 4) is 0 Å². The lowest BCUT2D eigenvalue weighted by Gasteiger charge is -2.36. The van der Waals surface area contributed by atoms with Crippen LogP contribution in [0, 0.1) is 0 Å². The molecule has 172 valence electrons. The monoisotopic (exact) mass is 439 g/mol. The van der Waals surface area contributed by atoms with Gasteiger partial charge in [-0.3, -0.25) is 9.59 Å². The number of piperazine rings is 1. The summed E-state index contributed by atoms with van der Waals surface area (Å²) in [6.07, 6.45) is 3.56. The summed E-state index contributed by atoms with van der Waals surface area (Å²) in [6.45, 7) is 8.77. The van der Waals surface area contributed by atoms with Gasteiger partial charge in [-0.1, -0.05) is 25.5 Å². The molecule has 1 aromatic heterocycles. The summed E-state index contributed by atoms with van der Waals surface area (Å²) in [4.78, 5) is 33.4. The highest BCUT2D eigenvalue weighted by atomic mass is 16.3. The standard InChI is InChI=1S/C24H33N5O3/c1-3-5-12-26-22(30)20-10-8-19(9-11-20)18-27-24(25-4-2)29-15-13-28(14-16-29)23(31)21-7-6-17-32-21/h6-11,17H,3-5,12-16,18H2,1-2H3,(H,25,27)(H,26,30). The van der Waals surface area contributed by atoms with Crippen molar-refractivity contribution in [3.05, 3.63) is 59.5 Å². The molecule has 1 aromatic carbocycles. The van der Waals surface area contributed by atoms with Crippen molar-refractivity contribution in [3.63, 3.8) is 0 Å². The molecule has 1 aliphatic rings. The van der Waals surface area contributed by atoms with E-state index >= 15 is 0 Å². The highest BCUT2D eigenvalue weighted by molar-refractivity contribution is 5.94. The summed E-state index contributed by atoms with van der Waals surface area (Å²) < 4.78 is 5.23. The van der Waals surface area contributed by atoms with Crippen molar-refractivity contribution in [1.82, 2.24) is 20.4 Å². The molecule has 2 amide bonds. The molecule has 8 nitrogen and oxygen atoms in total. The number of furan rings is 1. The Balaban J connectivity index is 1.55. The summed E-state index contributed by atoms with van der Waals surface area (Å²) in [5.41, 5.74) is 1.70. The van der Waals surface area contributed by atoms with Gasteiger partial charge in [0.05, 0.1) is 12.8 Å². The minimum atomic E-state index is -0.0737. The van der Waals surface area contributed by atoms with Gasteiger partial charge in [0.15, 0.2) is 11.7 Å². The molecular formula is C24H33N5O3. The molecule has 0 atom stereocenters. The van der Waals surface area contributed by atoms with E-state index in [1.807, 2.05) is 36.1 Å². The molecule has 0 saturated carbocycles. The third kappa shape index (κ3) is 6.35. The average Bonchev–Trinajstić information content (AvgIpc) is 3.37. The Labute approximate surface area is 189 Å². The Hall–Kier alpha value is -3.29. The van der Waals surface area contributed by atoms with E-state index in [1.54, 1.807) is 12.1 Å². The Morgan fingerprint density at radius 3 is 2.34 bits per heavy atom. The maximum atomic E-state index is 12.5. The van der Waals surface area contributed by atoms with Crippen LogP contribution in [0.15, 0.2) is 52.1 Å². The van der Waals surface area contributed by atoms with Crippen LogP contribution in [0.5, 0.6) is 0 Å². The summed E-state index contributed by atoms with van der Waals surface area (Å²) in [5.74, 6) is 1.10. The van der Waals surface area contributed by atoms with E-state index in [9.17, 15) is 9.59 Å². The molecule has 1 aliphatic heterocycles. The summed E-state index contributed by atoms with van der Waals surface area (Å²) >= 11 is 0. The van der Waals surface area contributed by atoms with Gasteiger partial charge < -0.3 is 24.9 Å². The van der Waals surface area contributed by atoms with E-state index in [0.29, 0.717) is 50.6 Å². The number of hydrogen-bond acceptors (Lipinski definition) is 4. The number of rotatable bonds is 8. The first-order chi connectivity index (χ1) is 15.6. The van der Waals surface area contributed by atoms with Gasteiger partial charge in [-0.25, -0.2) is 4.99 Å². The van der Waals surface area contributed by atoms with E-state index < -0.39 is 0 Å². The zero-order chi connectivity index (χ0) is 22.8. The molecule has 0 aliphatic carbocycles. The maximum Gasteiger partial charge on any atom is 0.289 e. The van der Waals surface area contributed by atoms with Crippen LogP contribution < -0.4 is 10.6 Å². The lowest BCUT2D eigenvalue weighted by Crippen LogP contribution is -2.53. The van der Waals surface area contributed by atoms with Gasteiger partial charge in [0.2, 0.25) is 0 Å². The molecule has 3 rings (SSSR count). The zero-order valence-electron chi connectivity index (χ0n) is 19.0. The summed E-state index contributed by atoms with van der Waals surface area (Å²) in [7, 11) is 0. The fourth-order valence-corrected chi connectivity index (χ4v) is 3.51. The third-order valence-electron chi connectivity index (χ3n) is 5.38. The predicted octanol–water partition coefficient (Wildman–Crippen LogP) is 2.73. The van der Waals surface area contributed by atoms with Crippen LogP contribution in [0.2, 0.25) is 0 Å². The molecule has 1 fully saturated rings. The Kier molecular flexibility index (Phi) is 8.71. The predicted molar refractivity (Wildman–Crippen MR) is 125 cm³/mol. The number of nitrogens with zero attached hydrogens (tertiary/aromatic N) is 3. The molecule has 0 bridgehead atoms. The van der Waals surface area contributed by atoms with Crippen molar-refractivity contribution in [2.75, 3.05) is 39.3 Å². The first kappa shape index (κ1) is 23.4. The topological polar surface area (TPSA) is 90.2 Å². The molecule has 2 aromatic rings. The van der Waals surface area contributed by atoms with Crippen LogP contribution in [0.25, 0.3) is 0 Å². The van der Waals surface area contributed by atoms with E-state index in [-0.39, 0.29) is 11.8 Å². The number of guanidine groups is 1. The number of amides is 2. The third-order valence-corrected chi connectivity index (χ3v) is 5.38. The lowest BCUT2D eigenvalue weighted by atomic mass is 10.1. The van der Waals surface area contributed by atoms with Gasteiger partial charge in [0.1, 0.15) is 0 Å². The minimum absolute atomic E-state index is 0.0381. The SMILES string of the molecule is CCCCNC(=O)c1ccc(CN=C(NCC)N2CCN(C(=O)c3ccco3)CC2)cc1. The fraction of sp³-hybridized carbons (Fsp3) is 0.458. The number of unbranched alkanes of at least 4 members (excludes halogenated alkanes) is 1. The summed E-state index contributed by atoms with van der Waals surface area (Å²) in [6, 6.07) is 11.0. The normalized spacial score (nSPS) is 14.4. The maximum absolute atomic E-state index is 12.5. The first-order valence-electron chi connectivity index (χ1n) is 11.4. The molecule has 1 saturated heterocycles. The van der Waals surface area contributed by atoms with Crippen LogP contribution in [0.3, 0.4) is 0 Å². The highest BCUT2D eigenvalue weighted by Crippen LogP contribution is 2.11. The Bertz CT molecular complexity index is 885. The van der Waals surface area contributed by atoms with Crippen molar-refractivity contribution in [2.24, 2.45) is 4.99 Å². The molecular weight excluding hydrogens is 406 g/mol. The molecule has 0 spiro atoms. The van der Waals surface area contributed by atoms with Gasteiger partial charge in [-0.2, -0.15) is 0 Å². The van der Waals surface area contributed by atoms with Crippen molar-refractivity contribution in [2.45, 2.75) is 33.2 Å². The molecule has 8 heteroatoms. The lowest BCUT2D eigenvalue weighted by molar-refractivity contribution is 0.0657. The van der Waals surface area contributed by atoms with Gasteiger partial charge in [0.25, 0.3) is 11.8 Å². The number of hydrogen-bond donors (Lipinski definition) is 2. The van der Waals surface area contributed by atoms with Gasteiger partial charge in [0, 0.05) is 44.8 Å².